The Morgan fingerprint density at radius 2 is 1.60 bits per heavy atom. The highest BCUT2D eigenvalue weighted by atomic mass is 16.5. The fourth-order valence-corrected chi connectivity index (χ4v) is 8.85. The monoisotopic (exact) mass is 799 g/mol. The third-order valence-corrected chi connectivity index (χ3v) is 11.9. The minimum Gasteiger partial charge on any atom is -0.373 e. The van der Waals surface area contributed by atoms with Crippen molar-refractivity contribution in [1.82, 2.24) is 30.7 Å². The molecule has 2 aromatic rings. The van der Waals surface area contributed by atoms with Gasteiger partial charge >= 0.3 is 6.03 Å². The Bertz CT molecular complexity index is 1890. The molecule has 8 atom stereocenters. The average molecular weight is 800 g/mol. The highest BCUT2D eigenvalue weighted by Gasteiger charge is 2.50. The average Bonchev–Trinajstić information content (AvgIpc) is 3.83. The van der Waals surface area contributed by atoms with Gasteiger partial charge in [0.1, 0.15) is 42.0 Å². The van der Waals surface area contributed by atoms with E-state index in [2.05, 4.69) is 21.3 Å². The number of benzene rings is 2. The number of hydrogen-bond donors (Lipinski definition) is 4. The molecule has 4 aliphatic heterocycles. The maximum absolute atomic E-state index is 14.8. The van der Waals surface area contributed by atoms with E-state index in [9.17, 15) is 33.6 Å². The molecule has 0 aromatic heterocycles. The number of aldehydes is 1. The van der Waals surface area contributed by atoms with Crippen LogP contribution in [0.15, 0.2) is 48.5 Å². The summed E-state index contributed by atoms with van der Waals surface area (Å²) >= 11 is 0. The van der Waals surface area contributed by atoms with E-state index in [1.165, 1.54) is 14.7 Å². The highest BCUT2D eigenvalue weighted by molar-refractivity contribution is 5.98. The van der Waals surface area contributed by atoms with Crippen LogP contribution in [0.1, 0.15) is 76.0 Å². The SMILES string of the molecule is Cc1ccc(NC(=O)N[C@@H](Cc2cccc(C)c2)C(=O)N[C@@H]2C(=O)N3CCC[C@H]3C(=O)N3CCCC[C@H]3C(=O)N[C@@H](C)C(=O)N3C[C@H](C)CC3(C=O)CO[C@H]2C)cc1. The van der Waals surface area contributed by atoms with Gasteiger partial charge in [-0.3, -0.25) is 24.0 Å². The van der Waals surface area contributed by atoms with Crippen molar-refractivity contribution in [3.05, 3.63) is 65.2 Å². The zero-order chi connectivity index (χ0) is 41.7. The van der Waals surface area contributed by atoms with Gasteiger partial charge in [-0.15, -0.1) is 0 Å². The largest absolute Gasteiger partial charge is 0.373 e. The molecule has 4 N–H and O–H groups in total. The predicted octanol–water partition coefficient (Wildman–Crippen LogP) is 2.62. The molecular formula is C43H57N7O8. The summed E-state index contributed by atoms with van der Waals surface area (Å²) in [6, 6.07) is 8.88. The maximum atomic E-state index is 14.8. The number of piperidine rings is 1. The first-order valence-corrected chi connectivity index (χ1v) is 20.5. The van der Waals surface area contributed by atoms with Crippen LogP contribution in [-0.2, 0) is 39.9 Å². The van der Waals surface area contributed by atoms with E-state index < -0.39 is 71.5 Å². The third-order valence-electron chi connectivity index (χ3n) is 11.9. The molecule has 0 bridgehead atoms. The van der Waals surface area contributed by atoms with Crippen molar-refractivity contribution in [1.29, 1.82) is 0 Å². The molecule has 4 aliphatic rings. The van der Waals surface area contributed by atoms with E-state index in [1.54, 1.807) is 26.0 Å². The molecular weight excluding hydrogens is 743 g/mol. The van der Waals surface area contributed by atoms with Crippen LogP contribution in [-0.4, -0.2) is 125 Å². The van der Waals surface area contributed by atoms with Gasteiger partial charge in [-0.05, 0) is 89.8 Å². The van der Waals surface area contributed by atoms with Crippen molar-refractivity contribution in [2.45, 2.75) is 121 Å². The first-order valence-electron chi connectivity index (χ1n) is 20.5. The third kappa shape index (κ3) is 9.35. The van der Waals surface area contributed by atoms with Crippen LogP contribution in [0.2, 0.25) is 0 Å². The van der Waals surface area contributed by atoms with Crippen LogP contribution in [0.5, 0.6) is 0 Å². The minimum absolute atomic E-state index is 0.0773. The molecule has 58 heavy (non-hydrogen) atoms. The summed E-state index contributed by atoms with van der Waals surface area (Å²) in [5, 5.41) is 11.3. The summed E-state index contributed by atoms with van der Waals surface area (Å²) < 4.78 is 6.36. The van der Waals surface area contributed by atoms with Crippen LogP contribution in [0.25, 0.3) is 0 Å². The summed E-state index contributed by atoms with van der Waals surface area (Å²) in [5.74, 6) is -2.60. The summed E-state index contributed by atoms with van der Waals surface area (Å²) in [7, 11) is 0. The molecule has 6 rings (SSSR count). The molecule has 4 fully saturated rings. The Labute approximate surface area is 340 Å². The highest BCUT2D eigenvalue weighted by Crippen LogP contribution is 2.34. The number of aryl methyl sites for hydroxylation is 2. The van der Waals surface area contributed by atoms with Gasteiger partial charge in [-0.1, -0.05) is 54.4 Å². The lowest BCUT2D eigenvalue weighted by Gasteiger charge is -2.41. The summed E-state index contributed by atoms with van der Waals surface area (Å²) in [6.45, 7) is 9.46. The van der Waals surface area contributed by atoms with Crippen LogP contribution in [0.4, 0.5) is 10.5 Å². The van der Waals surface area contributed by atoms with Gasteiger partial charge in [0.25, 0.3) is 0 Å². The normalized spacial score (nSPS) is 28.8. The number of ether oxygens (including phenoxy) is 1. The summed E-state index contributed by atoms with van der Waals surface area (Å²) in [4.78, 5) is 102. The lowest BCUT2D eigenvalue weighted by Crippen LogP contribution is -2.64. The molecule has 2 aromatic carbocycles. The van der Waals surface area contributed by atoms with E-state index in [0.717, 1.165) is 16.7 Å². The zero-order valence-electron chi connectivity index (χ0n) is 34.1. The predicted molar refractivity (Wildman–Crippen MR) is 215 cm³/mol. The van der Waals surface area contributed by atoms with Gasteiger partial charge in [0.05, 0.1) is 12.7 Å². The number of urea groups is 1. The zero-order valence-corrected chi connectivity index (χ0v) is 34.1. The van der Waals surface area contributed by atoms with Gasteiger partial charge < -0.3 is 45.5 Å². The number of carbonyl (C=O) groups excluding carboxylic acids is 7. The Kier molecular flexibility index (Phi) is 13.2. The Morgan fingerprint density at radius 3 is 2.33 bits per heavy atom. The van der Waals surface area contributed by atoms with Gasteiger partial charge in [0.15, 0.2) is 0 Å². The fraction of sp³-hybridized carbons (Fsp3) is 0.558. The van der Waals surface area contributed by atoms with Gasteiger partial charge in [0.2, 0.25) is 29.5 Å². The molecule has 1 unspecified atom stereocenters. The minimum atomic E-state index is -1.40. The van der Waals surface area contributed by atoms with Crippen molar-refractivity contribution in [3.63, 3.8) is 0 Å². The van der Waals surface area contributed by atoms with Crippen molar-refractivity contribution in [3.8, 4) is 0 Å². The summed E-state index contributed by atoms with van der Waals surface area (Å²) in [6.07, 6.45) is 2.69. The molecule has 15 nitrogen and oxygen atoms in total. The molecule has 0 aliphatic carbocycles. The second kappa shape index (κ2) is 18.1. The molecule has 0 radical (unpaired) electrons. The lowest BCUT2D eigenvalue weighted by molar-refractivity contribution is -0.155. The first kappa shape index (κ1) is 42.3. The number of amides is 7. The lowest BCUT2D eigenvalue weighted by atomic mass is 9.94. The molecule has 0 saturated carbocycles. The topological polar surface area (TPSA) is 187 Å². The molecule has 0 spiro atoms. The van der Waals surface area contributed by atoms with Crippen molar-refractivity contribution < 1.29 is 38.3 Å². The van der Waals surface area contributed by atoms with E-state index in [-0.39, 0.29) is 44.4 Å². The Balaban J connectivity index is 1.34. The molecule has 7 amide bonds. The first-order chi connectivity index (χ1) is 27.7. The van der Waals surface area contributed by atoms with E-state index in [1.807, 2.05) is 57.2 Å². The summed E-state index contributed by atoms with van der Waals surface area (Å²) in [5.41, 5.74) is 1.87. The maximum Gasteiger partial charge on any atom is 0.319 e. The smallest absolute Gasteiger partial charge is 0.319 e. The quantitative estimate of drug-likeness (QED) is 0.308. The van der Waals surface area contributed by atoms with Crippen molar-refractivity contribution >= 4 is 47.5 Å². The number of rotatable bonds is 7. The molecule has 312 valence electrons. The molecule has 15 heteroatoms. The second-order valence-corrected chi connectivity index (χ2v) is 16.7. The Morgan fingerprint density at radius 1 is 0.897 bits per heavy atom. The standard InChI is InChI=1S/C43H57N7O8/c1-26-14-16-32(17-15-26)45-42(57)46-33(21-31-11-8-10-27(2)20-31)37(52)47-36-30(5)58-25-43(24-51)22-28(3)23-50(43)39(54)29(4)44-38(53)34-12-6-7-18-48(34)40(55)35-13-9-19-49(35)41(36)56/h8,10-11,14-17,20,24,28-30,33-36H,6-7,9,12-13,18-19,21-23,25H2,1-5H3,(H,44,53)(H,47,52)(H2,45,46,57)/t28-,29+,30+,33+,34+,35+,36+,43?/m1/s1. The number of fused-ring (bicyclic) bond motifs is 3. The van der Waals surface area contributed by atoms with E-state index >= 15 is 0 Å². The second-order valence-electron chi connectivity index (χ2n) is 16.7. The number of nitrogens with zero attached hydrogens (tertiary/aromatic N) is 3. The molecule has 4 saturated heterocycles. The van der Waals surface area contributed by atoms with Crippen molar-refractivity contribution in [2.75, 3.05) is 31.6 Å². The van der Waals surface area contributed by atoms with E-state index in [4.69, 9.17) is 4.74 Å². The number of anilines is 1. The van der Waals surface area contributed by atoms with Gasteiger partial charge in [0, 0.05) is 31.7 Å². The molecule has 4 heterocycles. The van der Waals surface area contributed by atoms with E-state index in [0.29, 0.717) is 50.6 Å². The Hall–Kier alpha value is -5.31. The van der Waals surface area contributed by atoms with Crippen LogP contribution in [0.3, 0.4) is 0 Å². The van der Waals surface area contributed by atoms with Crippen LogP contribution < -0.4 is 21.3 Å². The number of carbonyl (C=O) groups is 7. The van der Waals surface area contributed by atoms with Crippen LogP contribution in [0, 0.1) is 19.8 Å². The van der Waals surface area contributed by atoms with Crippen molar-refractivity contribution in [2.24, 2.45) is 5.92 Å². The van der Waals surface area contributed by atoms with Crippen LogP contribution >= 0.6 is 0 Å². The fourth-order valence-electron chi connectivity index (χ4n) is 8.85. The van der Waals surface area contributed by atoms with Gasteiger partial charge in [-0.25, -0.2) is 4.79 Å². The number of nitrogens with one attached hydrogen (secondary N) is 4. The van der Waals surface area contributed by atoms with Gasteiger partial charge in [-0.2, -0.15) is 0 Å². The number of hydrogen-bond acceptors (Lipinski definition) is 8.